The summed E-state index contributed by atoms with van der Waals surface area (Å²) in [5.41, 5.74) is 5.20. The first-order valence-electron chi connectivity index (χ1n) is 5.59. The van der Waals surface area contributed by atoms with Gasteiger partial charge in [0.2, 0.25) is 10.0 Å². The lowest BCUT2D eigenvalue weighted by atomic mass is 10.3. The smallest absolute Gasteiger partial charge is 0.244 e. The summed E-state index contributed by atoms with van der Waals surface area (Å²) in [6.45, 7) is 2.84. The Morgan fingerprint density at radius 2 is 2.11 bits per heavy atom. The van der Waals surface area contributed by atoms with Gasteiger partial charge in [-0.3, -0.25) is 0 Å². The van der Waals surface area contributed by atoms with Crippen molar-refractivity contribution in [3.8, 4) is 0 Å². The molecule has 0 aromatic heterocycles. The molecule has 0 bridgehead atoms. The maximum absolute atomic E-state index is 13.2. The molecule has 0 saturated heterocycles. The summed E-state index contributed by atoms with van der Waals surface area (Å²) in [6, 6.07) is 2.14. The maximum Gasteiger partial charge on any atom is 0.244 e. The van der Waals surface area contributed by atoms with Crippen molar-refractivity contribution in [3.63, 3.8) is 0 Å². The lowest BCUT2D eigenvalue weighted by Crippen LogP contribution is -2.30. The molecule has 5 nitrogen and oxygen atoms in total. The Hall–Kier alpha value is -0.700. The number of hydrogen-bond donors (Lipinski definition) is 1. The van der Waals surface area contributed by atoms with Gasteiger partial charge in [0.1, 0.15) is 5.82 Å². The first kappa shape index (κ1) is 16.4. The first-order valence-corrected chi connectivity index (χ1v) is 7.82. The summed E-state index contributed by atoms with van der Waals surface area (Å²) >= 11 is 3.03. The minimum Gasteiger partial charge on any atom is -0.396 e. The molecule has 0 radical (unpaired) electrons. The zero-order valence-corrected chi connectivity index (χ0v) is 13.1. The first-order chi connectivity index (χ1) is 8.80. The number of sulfonamides is 1. The Morgan fingerprint density at radius 3 is 2.68 bits per heavy atom. The fourth-order valence-corrected chi connectivity index (χ4v) is 3.53. The molecular formula is C11H16BrFN2O3S. The van der Waals surface area contributed by atoms with E-state index in [2.05, 4.69) is 15.9 Å². The second kappa shape index (κ2) is 6.65. The van der Waals surface area contributed by atoms with Crippen LogP contribution >= 0.6 is 15.9 Å². The van der Waals surface area contributed by atoms with Crippen LogP contribution in [0.15, 0.2) is 21.5 Å². The standard InChI is InChI=1S/C11H16BrFN2O3S/c1-3-18-5-4-15(2)19(16,17)11-7-10(14)9(13)6-8(11)12/h6-7H,3-5,14H2,1-2H3. The van der Waals surface area contributed by atoms with Crippen LogP contribution in [0.5, 0.6) is 0 Å². The Labute approximate surface area is 120 Å². The highest BCUT2D eigenvalue weighted by Gasteiger charge is 2.24. The SMILES string of the molecule is CCOCCN(C)S(=O)(=O)c1cc(N)c(F)cc1Br. The fourth-order valence-electron chi connectivity index (χ4n) is 1.37. The molecule has 0 unspecified atom stereocenters. The molecule has 1 aromatic carbocycles. The number of likely N-dealkylation sites (N-methyl/N-ethyl adjacent to an activating group) is 1. The average molecular weight is 355 g/mol. The molecule has 0 fully saturated rings. The second-order valence-electron chi connectivity index (χ2n) is 3.83. The summed E-state index contributed by atoms with van der Waals surface area (Å²) < 4.78 is 44.1. The van der Waals surface area contributed by atoms with Crippen molar-refractivity contribution in [2.45, 2.75) is 11.8 Å². The van der Waals surface area contributed by atoms with Gasteiger partial charge >= 0.3 is 0 Å². The van der Waals surface area contributed by atoms with Crippen molar-refractivity contribution in [1.82, 2.24) is 4.31 Å². The molecule has 0 amide bonds. The third-order valence-electron chi connectivity index (χ3n) is 2.49. The van der Waals surface area contributed by atoms with Gasteiger partial charge in [0.25, 0.3) is 0 Å². The Kier molecular flexibility index (Phi) is 5.72. The van der Waals surface area contributed by atoms with E-state index in [0.717, 1.165) is 16.4 Å². The Bertz CT molecular complexity index is 551. The molecule has 8 heteroatoms. The Morgan fingerprint density at radius 1 is 1.47 bits per heavy atom. The molecule has 0 heterocycles. The number of halogens is 2. The van der Waals surface area contributed by atoms with E-state index in [1.807, 2.05) is 6.92 Å². The van der Waals surface area contributed by atoms with Gasteiger partial charge in [-0.25, -0.2) is 12.8 Å². The topological polar surface area (TPSA) is 72.6 Å². The average Bonchev–Trinajstić information content (AvgIpc) is 2.33. The number of nitrogens with two attached hydrogens (primary N) is 1. The largest absolute Gasteiger partial charge is 0.396 e. The number of ether oxygens (including phenoxy) is 1. The van der Waals surface area contributed by atoms with Gasteiger partial charge < -0.3 is 10.5 Å². The molecule has 0 aliphatic heterocycles. The number of hydrogen-bond acceptors (Lipinski definition) is 4. The van der Waals surface area contributed by atoms with Crippen molar-refractivity contribution in [2.75, 3.05) is 32.5 Å². The number of nitrogen functional groups attached to an aromatic ring is 1. The minimum absolute atomic E-state index is 0.0644. The van der Waals surface area contributed by atoms with E-state index in [1.54, 1.807) is 0 Å². The van der Waals surface area contributed by atoms with E-state index < -0.39 is 15.8 Å². The van der Waals surface area contributed by atoms with E-state index in [4.69, 9.17) is 10.5 Å². The van der Waals surface area contributed by atoms with Gasteiger partial charge in [-0.15, -0.1) is 0 Å². The van der Waals surface area contributed by atoms with Gasteiger partial charge in [0.05, 0.1) is 17.2 Å². The molecule has 19 heavy (non-hydrogen) atoms. The highest BCUT2D eigenvalue weighted by atomic mass is 79.9. The van der Waals surface area contributed by atoms with E-state index in [9.17, 15) is 12.8 Å². The summed E-state index contributed by atoms with van der Waals surface area (Å²) in [6.07, 6.45) is 0. The Balaban J connectivity index is 3.03. The van der Waals surface area contributed by atoms with Crippen LogP contribution in [-0.4, -0.2) is 39.5 Å². The van der Waals surface area contributed by atoms with E-state index >= 15 is 0 Å². The van der Waals surface area contributed by atoms with Crippen molar-refractivity contribution in [1.29, 1.82) is 0 Å². The molecule has 0 atom stereocenters. The molecule has 0 saturated carbocycles. The van der Waals surface area contributed by atoms with Gasteiger partial charge in [0.15, 0.2) is 0 Å². The minimum atomic E-state index is -3.73. The van der Waals surface area contributed by atoms with Crippen LogP contribution < -0.4 is 5.73 Å². The zero-order chi connectivity index (χ0) is 14.6. The van der Waals surface area contributed by atoms with Crippen molar-refractivity contribution in [3.05, 3.63) is 22.4 Å². The van der Waals surface area contributed by atoms with Crippen molar-refractivity contribution >= 4 is 31.6 Å². The fraction of sp³-hybridized carbons (Fsp3) is 0.455. The summed E-state index contributed by atoms with van der Waals surface area (Å²) in [5.74, 6) is -0.664. The van der Waals surface area contributed by atoms with Crippen LogP contribution in [0.4, 0.5) is 10.1 Å². The molecule has 0 aliphatic rings. The lowest BCUT2D eigenvalue weighted by Gasteiger charge is -2.18. The van der Waals surface area contributed by atoms with Crippen LogP contribution in [0.2, 0.25) is 0 Å². The van der Waals surface area contributed by atoms with Crippen LogP contribution in [-0.2, 0) is 14.8 Å². The lowest BCUT2D eigenvalue weighted by molar-refractivity contribution is 0.138. The normalized spacial score (nSPS) is 12.1. The number of anilines is 1. The molecular weight excluding hydrogens is 339 g/mol. The van der Waals surface area contributed by atoms with Gasteiger partial charge in [-0.05, 0) is 35.0 Å². The summed E-state index contributed by atoms with van der Waals surface area (Å²) in [5, 5.41) is 0. The summed E-state index contributed by atoms with van der Waals surface area (Å²) in [7, 11) is -2.30. The van der Waals surface area contributed by atoms with E-state index in [1.165, 1.54) is 7.05 Å². The third-order valence-corrected chi connectivity index (χ3v) is 5.31. The maximum atomic E-state index is 13.2. The van der Waals surface area contributed by atoms with Crippen molar-refractivity contribution in [2.24, 2.45) is 0 Å². The van der Waals surface area contributed by atoms with Crippen molar-refractivity contribution < 1.29 is 17.5 Å². The number of nitrogens with zero attached hydrogens (tertiary/aromatic N) is 1. The van der Waals surface area contributed by atoms with E-state index in [-0.39, 0.29) is 21.6 Å². The molecule has 0 aliphatic carbocycles. The van der Waals surface area contributed by atoms with Crippen LogP contribution in [0.3, 0.4) is 0 Å². The van der Waals surface area contributed by atoms with Gasteiger partial charge in [-0.1, -0.05) is 0 Å². The predicted octanol–water partition coefficient (Wildman–Crippen LogP) is 1.83. The highest BCUT2D eigenvalue weighted by Crippen LogP contribution is 2.28. The van der Waals surface area contributed by atoms with Crippen LogP contribution in [0.1, 0.15) is 6.92 Å². The molecule has 108 valence electrons. The monoisotopic (exact) mass is 354 g/mol. The number of benzene rings is 1. The van der Waals surface area contributed by atoms with Crippen LogP contribution in [0, 0.1) is 5.82 Å². The molecule has 1 rings (SSSR count). The molecule has 1 aromatic rings. The zero-order valence-electron chi connectivity index (χ0n) is 10.7. The molecule has 0 spiro atoms. The third kappa shape index (κ3) is 3.88. The van der Waals surface area contributed by atoms with Gasteiger partial charge in [0, 0.05) is 24.7 Å². The van der Waals surface area contributed by atoms with E-state index in [0.29, 0.717) is 13.2 Å². The number of rotatable bonds is 6. The summed E-state index contributed by atoms with van der Waals surface area (Å²) in [4.78, 5) is -0.0644. The van der Waals surface area contributed by atoms with Gasteiger partial charge in [-0.2, -0.15) is 4.31 Å². The van der Waals surface area contributed by atoms with Crippen LogP contribution in [0.25, 0.3) is 0 Å². The quantitative estimate of drug-likeness (QED) is 0.624. The molecule has 2 N–H and O–H groups in total. The highest BCUT2D eigenvalue weighted by molar-refractivity contribution is 9.10. The predicted molar refractivity (Wildman–Crippen MR) is 74.8 cm³/mol. The second-order valence-corrected chi connectivity index (χ2v) is 6.70.